The zero-order valence-corrected chi connectivity index (χ0v) is 13.7. The third-order valence-electron chi connectivity index (χ3n) is 3.05. The van der Waals surface area contributed by atoms with Crippen LogP contribution < -0.4 is 0 Å². The van der Waals surface area contributed by atoms with Crippen LogP contribution in [0.2, 0.25) is 0 Å². The van der Waals surface area contributed by atoms with Gasteiger partial charge in [0.2, 0.25) is 0 Å². The molecule has 2 rings (SSSR count). The maximum absolute atomic E-state index is 14.0. The summed E-state index contributed by atoms with van der Waals surface area (Å²) in [6.07, 6.45) is 0.835. The van der Waals surface area contributed by atoms with Gasteiger partial charge in [-0.15, -0.1) is 11.3 Å². The molecule has 18 heavy (non-hydrogen) atoms. The zero-order chi connectivity index (χ0) is 13.0. The standard InChI is InChI=1S/C14H13Br2FS/c15-9-14(10-16,8-11-4-3-7-18-11)12-5-1-2-6-13(12)17/h1-7H,8-10H2. The summed E-state index contributed by atoms with van der Waals surface area (Å²) < 4.78 is 14.0. The number of hydrogen-bond acceptors (Lipinski definition) is 1. The highest BCUT2D eigenvalue weighted by Crippen LogP contribution is 2.35. The van der Waals surface area contributed by atoms with Gasteiger partial charge >= 0.3 is 0 Å². The van der Waals surface area contributed by atoms with Gasteiger partial charge in [0.15, 0.2) is 0 Å². The second kappa shape index (κ2) is 6.31. The lowest BCUT2D eigenvalue weighted by atomic mass is 9.80. The van der Waals surface area contributed by atoms with Gasteiger partial charge in [0, 0.05) is 21.0 Å². The first-order valence-electron chi connectivity index (χ1n) is 5.61. The van der Waals surface area contributed by atoms with Crippen LogP contribution in [0.4, 0.5) is 4.39 Å². The summed E-state index contributed by atoms with van der Waals surface area (Å²) in [5, 5.41) is 3.51. The molecular weight excluding hydrogens is 379 g/mol. The molecule has 0 atom stereocenters. The van der Waals surface area contributed by atoms with E-state index in [2.05, 4.69) is 43.3 Å². The van der Waals surface area contributed by atoms with Crippen LogP contribution >= 0.6 is 43.2 Å². The molecule has 0 aliphatic rings. The van der Waals surface area contributed by atoms with Crippen LogP contribution in [0, 0.1) is 5.82 Å². The maximum Gasteiger partial charge on any atom is 0.127 e. The molecule has 0 aliphatic carbocycles. The van der Waals surface area contributed by atoms with E-state index in [9.17, 15) is 4.39 Å². The number of halogens is 3. The van der Waals surface area contributed by atoms with Gasteiger partial charge in [-0.25, -0.2) is 4.39 Å². The quantitative estimate of drug-likeness (QED) is 0.617. The lowest BCUT2D eigenvalue weighted by molar-refractivity contribution is 0.504. The van der Waals surface area contributed by atoms with Gasteiger partial charge in [0.05, 0.1) is 0 Å². The van der Waals surface area contributed by atoms with Crippen molar-refractivity contribution in [1.82, 2.24) is 0 Å². The molecule has 1 heterocycles. The average molecular weight is 392 g/mol. The molecule has 0 saturated carbocycles. The van der Waals surface area contributed by atoms with Crippen LogP contribution in [-0.4, -0.2) is 10.7 Å². The molecule has 0 amide bonds. The average Bonchev–Trinajstić information content (AvgIpc) is 2.90. The lowest BCUT2D eigenvalue weighted by Crippen LogP contribution is -2.33. The van der Waals surface area contributed by atoms with Gasteiger partial charge < -0.3 is 0 Å². The number of benzene rings is 1. The number of thiophene rings is 1. The van der Waals surface area contributed by atoms with E-state index >= 15 is 0 Å². The van der Waals surface area contributed by atoms with Gasteiger partial charge in [-0.3, -0.25) is 0 Å². The first-order chi connectivity index (χ1) is 8.72. The van der Waals surface area contributed by atoms with Crippen LogP contribution in [0.3, 0.4) is 0 Å². The van der Waals surface area contributed by atoms with Crippen LogP contribution in [0.1, 0.15) is 10.4 Å². The van der Waals surface area contributed by atoms with Gasteiger partial charge in [0.1, 0.15) is 5.82 Å². The third-order valence-corrected chi connectivity index (χ3v) is 6.07. The van der Waals surface area contributed by atoms with Crippen molar-refractivity contribution in [2.45, 2.75) is 11.8 Å². The molecule has 0 saturated heterocycles. The summed E-state index contributed by atoms with van der Waals surface area (Å²) in [7, 11) is 0. The summed E-state index contributed by atoms with van der Waals surface area (Å²) in [6, 6.07) is 11.2. The summed E-state index contributed by atoms with van der Waals surface area (Å²) in [5.74, 6) is -0.132. The van der Waals surface area contributed by atoms with E-state index in [1.807, 2.05) is 18.2 Å². The second-order valence-corrected chi connectivity index (χ2v) is 6.44. The largest absolute Gasteiger partial charge is 0.207 e. The molecule has 0 fully saturated rings. The number of alkyl halides is 2. The minimum atomic E-state index is -0.240. The van der Waals surface area contributed by atoms with Crippen molar-refractivity contribution in [3.8, 4) is 0 Å². The van der Waals surface area contributed by atoms with Gasteiger partial charge in [-0.1, -0.05) is 56.1 Å². The van der Waals surface area contributed by atoms with Crippen LogP contribution in [0.25, 0.3) is 0 Å². The molecule has 0 radical (unpaired) electrons. The molecule has 1 aromatic carbocycles. The molecule has 4 heteroatoms. The second-order valence-electron chi connectivity index (χ2n) is 4.28. The Kier molecular flexibility index (Phi) is 4.98. The van der Waals surface area contributed by atoms with Crippen LogP contribution in [-0.2, 0) is 11.8 Å². The summed E-state index contributed by atoms with van der Waals surface area (Å²) in [4.78, 5) is 1.28. The van der Waals surface area contributed by atoms with E-state index in [0.29, 0.717) is 0 Å². The number of rotatable bonds is 5. The molecule has 96 valence electrons. The predicted octanol–water partition coefficient (Wildman–Crippen LogP) is 5.16. The smallest absolute Gasteiger partial charge is 0.127 e. The topological polar surface area (TPSA) is 0 Å². The molecule has 0 nitrogen and oxygen atoms in total. The van der Waals surface area contributed by atoms with Crippen LogP contribution in [0.5, 0.6) is 0 Å². The van der Waals surface area contributed by atoms with Crippen molar-refractivity contribution in [3.05, 3.63) is 58.0 Å². The van der Waals surface area contributed by atoms with Crippen molar-refractivity contribution in [3.63, 3.8) is 0 Å². The van der Waals surface area contributed by atoms with E-state index in [4.69, 9.17) is 0 Å². The Bertz CT molecular complexity index is 492. The first-order valence-corrected chi connectivity index (χ1v) is 8.73. The predicted molar refractivity (Wildman–Crippen MR) is 83.7 cm³/mol. The fraction of sp³-hybridized carbons (Fsp3) is 0.286. The maximum atomic E-state index is 14.0. The minimum absolute atomic E-state index is 0.132. The normalized spacial score (nSPS) is 11.7. The SMILES string of the molecule is Fc1ccccc1C(CBr)(CBr)Cc1cccs1. The van der Waals surface area contributed by atoms with Crippen molar-refractivity contribution < 1.29 is 4.39 Å². The van der Waals surface area contributed by atoms with Crippen molar-refractivity contribution in [2.24, 2.45) is 0 Å². The fourth-order valence-corrected chi connectivity index (χ4v) is 4.79. The Morgan fingerprint density at radius 1 is 1.06 bits per heavy atom. The molecular formula is C14H13Br2FS. The highest BCUT2D eigenvalue weighted by Gasteiger charge is 2.33. The molecule has 0 N–H and O–H groups in total. The molecule has 0 unspecified atom stereocenters. The highest BCUT2D eigenvalue weighted by molar-refractivity contribution is 9.09. The van der Waals surface area contributed by atoms with Gasteiger partial charge in [-0.2, -0.15) is 0 Å². The summed E-state index contributed by atoms with van der Waals surface area (Å²) in [5.41, 5.74) is 0.531. The Hall–Kier alpha value is -0.190. The Morgan fingerprint density at radius 3 is 2.33 bits per heavy atom. The lowest BCUT2D eigenvalue weighted by Gasteiger charge is -2.30. The Morgan fingerprint density at radius 2 is 1.78 bits per heavy atom. The molecule has 2 aromatic rings. The van der Waals surface area contributed by atoms with Crippen molar-refractivity contribution in [1.29, 1.82) is 0 Å². The van der Waals surface area contributed by atoms with E-state index < -0.39 is 0 Å². The van der Waals surface area contributed by atoms with E-state index in [-0.39, 0.29) is 11.2 Å². The Labute approximate surface area is 127 Å². The molecule has 1 aromatic heterocycles. The monoisotopic (exact) mass is 390 g/mol. The summed E-state index contributed by atoms with van der Waals surface area (Å²) >= 11 is 8.83. The number of hydrogen-bond donors (Lipinski definition) is 0. The zero-order valence-electron chi connectivity index (χ0n) is 9.70. The summed E-state index contributed by atoms with van der Waals surface area (Å²) in [6.45, 7) is 0. The third kappa shape index (κ3) is 2.86. The van der Waals surface area contributed by atoms with Crippen LogP contribution in [0.15, 0.2) is 41.8 Å². The molecule has 0 spiro atoms. The van der Waals surface area contributed by atoms with Gasteiger partial charge in [-0.05, 0) is 29.5 Å². The molecule has 0 bridgehead atoms. The van der Waals surface area contributed by atoms with E-state index in [1.165, 1.54) is 10.9 Å². The fourth-order valence-electron chi connectivity index (χ4n) is 2.01. The van der Waals surface area contributed by atoms with Gasteiger partial charge in [0.25, 0.3) is 0 Å². The van der Waals surface area contributed by atoms with E-state index in [0.717, 1.165) is 22.6 Å². The van der Waals surface area contributed by atoms with Crippen molar-refractivity contribution in [2.75, 3.05) is 10.7 Å². The first kappa shape index (κ1) is 14.2. The Balaban J connectivity index is 2.40. The molecule has 0 aliphatic heterocycles. The van der Waals surface area contributed by atoms with Crippen molar-refractivity contribution >= 4 is 43.2 Å². The minimum Gasteiger partial charge on any atom is -0.207 e. The highest BCUT2D eigenvalue weighted by atomic mass is 79.9. The van der Waals surface area contributed by atoms with E-state index in [1.54, 1.807) is 17.4 Å².